The van der Waals surface area contributed by atoms with Crippen LogP contribution in [0.3, 0.4) is 0 Å². The van der Waals surface area contributed by atoms with E-state index in [-0.39, 0.29) is 11.7 Å². The summed E-state index contributed by atoms with van der Waals surface area (Å²) in [5, 5.41) is 17.8. The molecule has 0 bridgehead atoms. The Balaban J connectivity index is 2.10. The van der Waals surface area contributed by atoms with E-state index < -0.39 is 0 Å². The summed E-state index contributed by atoms with van der Waals surface area (Å²) in [6, 6.07) is 13.2. The lowest BCUT2D eigenvalue weighted by Crippen LogP contribution is -2.15. The molecule has 4 nitrogen and oxygen atoms in total. The highest BCUT2D eigenvalue weighted by Gasteiger charge is 2.16. The first-order chi connectivity index (χ1) is 10.3. The Morgan fingerprint density at radius 2 is 1.90 bits per heavy atom. The van der Waals surface area contributed by atoms with Gasteiger partial charge in [-0.25, -0.2) is 0 Å². The fraction of sp³-hybridized carbons (Fsp3) is 0.176. The lowest BCUT2D eigenvalue weighted by Gasteiger charge is -2.19. The molecule has 0 aromatic heterocycles. The van der Waals surface area contributed by atoms with Crippen molar-refractivity contribution in [3.63, 3.8) is 0 Å². The minimum atomic E-state index is -0.0677. The van der Waals surface area contributed by atoms with Crippen LogP contribution in [0.1, 0.15) is 6.42 Å². The van der Waals surface area contributed by atoms with Crippen molar-refractivity contribution in [3.8, 4) is 17.9 Å². The normalized spacial score (nSPS) is 16.1. The van der Waals surface area contributed by atoms with Crippen LogP contribution in [0.25, 0.3) is 0 Å². The maximum absolute atomic E-state index is 8.92. The second-order valence-corrected chi connectivity index (χ2v) is 4.36. The summed E-state index contributed by atoms with van der Waals surface area (Å²) >= 11 is 0. The van der Waals surface area contributed by atoms with Crippen LogP contribution >= 0.6 is 0 Å². The fourth-order valence-corrected chi connectivity index (χ4v) is 2.02. The molecule has 0 radical (unpaired) electrons. The van der Waals surface area contributed by atoms with Gasteiger partial charge in [0.1, 0.15) is 24.0 Å². The number of nitriles is 2. The molecule has 0 N–H and O–H groups in total. The predicted molar refractivity (Wildman–Crippen MR) is 78.0 cm³/mol. The van der Waals surface area contributed by atoms with Gasteiger partial charge in [-0.1, -0.05) is 30.4 Å². The molecule has 0 spiro atoms. The van der Waals surface area contributed by atoms with Crippen molar-refractivity contribution >= 4 is 0 Å². The Hall–Kier alpha value is -2.98. The average Bonchev–Trinajstić information content (AvgIpc) is 2.54. The van der Waals surface area contributed by atoms with Crippen LogP contribution in [0, 0.1) is 22.7 Å². The maximum Gasteiger partial charge on any atom is 0.172 e. The minimum Gasteiger partial charge on any atom is -0.494 e. The summed E-state index contributed by atoms with van der Waals surface area (Å²) in [6.45, 7) is 0. The first-order valence-corrected chi connectivity index (χ1v) is 6.47. The molecule has 1 unspecified atom stereocenters. The van der Waals surface area contributed by atoms with Crippen LogP contribution in [0.15, 0.2) is 65.5 Å². The fourth-order valence-electron chi connectivity index (χ4n) is 2.02. The molecular weight excluding hydrogens is 264 g/mol. The molecule has 2 rings (SSSR count). The topological polar surface area (TPSA) is 66.0 Å². The monoisotopic (exact) mass is 278 g/mol. The molecule has 1 aromatic carbocycles. The number of nitrogens with zero attached hydrogens (tertiary/aromatic N) is 2. The molecule has 1 aliphatic rings. The minimum absolute atomic E-state index is 0.0316. The second kappa shape index (κ2) is 6.98. The highest BCUT2D eigenvalue weighted by molar-refractivity contribution is 5.50. The molecular formula is C17H14N2O2. The molecule has 1 aromatic rings. The van der Waals surface area contributed by atoms with Crippen molar-refractivity contribution < 1.29 is 9.47 Å². The third kappa shape index (κ3) is 3.52. The molecule has 1 atom stereocenters. The Morgan fingerprint density at radius 1 is 1.19 bits per heavy atom. The van der Waals surface area contributed by atoms with E-state index in [0.29, 0.717) is 12.2 Å². The summed E-state index contributed by atoms with van der Waals surface area (Å²) in [5.74, 6) is 1.11. The molecule has 21 heavy (non-hydrogen) atoms. The molecule has 0 amide bonds. The second-order valence-electron chi connectivity index (χ2n) is 4.36. The summed E-state index contributed by atoms with van der Waals surface area (Å²) in [7, 11) is 1.45. The standard InChI is InChI=1S/C17H14N2O2/c1-20-17(14(11-18)12-19)13-7-9-16(10-8-13)21-15-5-3-2-4-6-15/h2-9,16H,10H2,1H3. The molecule has 0 saturated carbocycles. The number of hydrogen-bond acceptors (Lipinski definition) is 4. The zero-order chi connectivity index (χ0) is 15.1. The number of methoxy groups -OCH3 is 1. The Labute approximate surface area is 123 Å². The number of hydrogen-bond donors (Lipinski definition) is 0. The quantitative estimate of drug-likeness (QED) is 0.626. The van der Waals surface area contributed by atoms with E-state index >= 15 is 0 Å². The van der Waals surface area contributed by atoms with Crippen molar-refractivity contribution in [3.05, 3.63) is 65.5 Å². The van der Waals surface area contributed by atoms with Gasteiger partial charge in [0.2, 0.25) is 0 Å². The van der Waals surface area contributed by atoms with Gasteiger partial charge in [-0.2, -0.15) is 10.5 Å². The number of para-hydroxylation sites is 1. The van der Waals surface area contributed by atoms with Gasteiger partial charge in [-0.15, -0.1) is 0 Å². The van der Waals surface area contributed by atoms with E-state index in [0.717, 1.165) is 11.3 Å². The molecule has 0 heterocycles. The Kier molecular flexibility index (Phi) is 4.79. The van der Waals surface area contributed by atoms with Crippen LogP contribution in [-0.2, 0) is 4.74 Å². The molecule has 0 saturated heterocycles. The highest BCUT2D eigenvalue weighted by atomic mass is 16.5. The third-order valence-electron chi connectivity index (χ3n) is 3.01. The highest BCUT2D eigenvalue weighted by Crippen LogP contribution is 2.24. The molecule has 4 heteroatoms. The van der Waals surface area contributed by atoms with Gasteiger partial charge in [-0.3, -0.25) is 0 Å². The van der Waals surface area contributed by atoms with Crippen molar-refractivity contribution in [2.75, 3.05) is 7.11 Å². The van der Waals surface area contributed by atoms with E-state index in [1.54, 1.807) is 0 Å². The lowest BCUT2D eigenvalue weighted by atomic mass is 10.0. The van der Waals surface area contributed by atoms with Crippen LogP contribution in [0.4, 0.5) is 0 Å². The Bertz CT molecular complexity index is 657. The van der Waals surface area contributed by atoms with Gasteiger partial charge in [0, 0.05) is 12.0 Å². The van der Waals surface area contributed by atoms with Crippen molar-refractivity contribution in [2.24, 2.45) is 0 Å². The van der Waals surface area contributed by atoms with Crippen molar-refractivity contribution in [1.82, 2.24) is 0 Å². The van der Waals surface area contributed by atoms with E-state index in [2.05, 4.69) is 0 Å². The van der Waals surface area contributed by atoms with Crippen LogP contribution in [0.5, 0.6) is 5.75 Å². The zero-order valence-corrected chi connectivity index (χ0v) is 11.6. The van der Waals surface area contributed by atoms with Crippen LogP contribution in [0.2, 0.25) is 0 Å². The Morgan fingerprint density at radius 3 is 2.43 bits per heavy atom. The van der Waals surface area contributed by atoms with Crippen LogP contribution < -0.4 is 4.74 Å². The van der Waals surface area contributed by atoms with E-state index in [9.17, 15) is 0 Å². The summed E-state index contributed by atoms with van der Waals surface area (Å²) < 4.78 is 11.0. The predicted octanol–water partition coefficient (Wildman–Crippen LogP) is 3.27. The van der Waals surface area contributed by atoms with Gasteiger partial charge in [0.15, 0.2) is 11.3 Å². The summed E-state index contributed by atoms with van der Waals surface area (Å²) in [6.07, 6.45) is 6.19. The van der Waals surface area contributed by atoms with Crippen molar-refractivity contribution in [2.45, 2.75) is 12.5 Å². The largest absolute Gasteiger partial charge is 0.494 e. The average molecular weight is 278 g/mol. The molecule has 0 fully saturated rings. The molecule has 104 valence electrons. The third-order valence-corrected chi connectivity index (χ3v) is 3.01. The smallest absolute Gasteiger partial charge is 0.172 e. The number of ether oxygens (including phenoxy) is 2. The number of rotatable bonds is 4. The molecule has 1 aliphatic carbocycles. The number of benzene rings is 1. The number of allylic oxidation sites excluding steroid dienone is 2. The first-order valence-electron chi connectivity index (χ1n) is 6.47. The SMILES string of the molecule is COC(C1=CCC(Oc2ccccc2)C=C1)=C(C#N)C#N. The van der Waals surface area contributed by atoms with E-state index in [1.807, 2.05) is 60.7 Å². The summed E-state index contributed by atoms with van der Waals surface area (Å²) in [4.78, 5) is 0. The van der Waals surface area contributed by atoms with Crippen LogP contribution in [-0.4, -0.2) is 13.2 Å². The van der Waals surface area contributed by atoms with Gasteiger partial charge in [0.05, 0.1) is 7.11 Å². The van der Waals surface area contributed by atoms with Gasteiger partial charge in [-0.05, 0) is 18.2 Å². The summed E-state index contributed by atoms with van der Waals surface area (Å²) in [5.41, 5.74) is 0.694. The van der Waals surface area contributed by atoms with Gasteiger partial charge in [0.25, 0.3) is 0 Å². The van der Waals surface area contributed by atoms with Gasteiger partial charge >= 0.3 is 0 Å². The van der Waals surface area contributed by atoms with E-state index in [1.165, 1.54) is 7.11 Å². The lowest BCUT2D eigenvalue weighted by molar-refractivity contribution is 0.249. The van der Waals surface area contributed by atoms with E-state index in [4.69, 9.17) is 20.0 Å². The van der Waals surface area contributed by atoms with Crippen molar-refractivity contribution in [1.29, 1.82) is 10.5 Å². The maximum atomic E-state index is 8.92. The first kappa shape index (κ1) is 14.4. The molecule has 0 aliphatic heterocycles. The van der Waals surface area contributed by atoms with Gasteiger partial charge < -0.3 is 9.47 Å². The zero-order valence-electron chi connectivity index (χ0n) is 11.6.